The maximum atomic E-state index is 13.1. The first-order valence-electron chi connectivity index (χ1n) is 8.04. The largest absolute Gasteiger partial charge is 0.399 e. The Bertz CT molecular complexity index is 700. The highest BCUT2D eigenvalue weighted by atomic mass is 19.1. The molecule has 0 saturated carbocycles. The Morgan fingerprint density at radius 2 is 1.83 bits per heavy atom. The van der Waals surface area contributed by atoms with Crippen molar-refractivity contribution in [3.05, 3.63) is 65.5 Å². The van der Waals surface area contributed by atoms with Gasteiger partial charge < -0.3 is 15.4 Å². The quantitative estimate of drug-likeness (QED) is 0.882. The van der Waals surface area contributed by atoms with Crippen LogP contribution < -0.4 is 5.73 Å². The fourth-order valence-corrected chi connectivity index (χ4v) is 2.94. The minimum absolute atomic E-state index is 0.0574. The molecular weight excluding hydrogens is 307 g/mol. The number of amides is 1. The van der Waals surface area contributed by atoms with E-state index in [0.29, 0.717) is 25.2 Å². The number of carbonyl (C=O) groups is 1. The third-order valence-electron chi connectivity index (χ3n) is 4.19. The van der Waals surface area contributed by atoms with Crippen molar-refractivity contribution >= 4 is 11.6 Å². The van der Waals surface area contributed by atoms with Crippen molar-refractivity contribution in [3.63, 3.8) is 0 Å². The molecule has 2 aromatic carbocycles. The molecule has 1 aliphatic rings. The van der Waals surface area contributed by atoms with E-state index in [1.54, 1.807) is 24.3 Å². The molecule has 0 aromatic heterocycles. The molecule has 2 aromatic rings. The molecule has 4 nitrogen and oxygen atoms in total. The van der Waals surface area contributed by atoms with Crippen LogP contribution in [0, 0.1) is 5.82 Å². The topological polar surface area (TPSA) is 55.6 Å². The van der Waals surface area contributed by atoms with Gasteiger partial charge >= 0.3 is 0 Å². The van der Waals surface area contributed by atoms with Crippen LogP contribution in [0.5, 0.6) is 0 Å². The monoisotopic (exact) mass is 328 g/mol. The van der Waals surface area contributed by atoms with Gasteiger partial charge in [0, 0.05) is 12.2 Å². The molecule has 1 amide bonds. The minimum atomic E-state index is -0.279. The molecule has 0 bridgehead atoms. The molecule has 5 heteroatoms. The number of nitrogens with zero attached hydrogens (tertiary/aromatic N) is 1. The maximum Gasteiger partial charge on any atom is 0.227 e. The van der Waals surface area contributed by atoms with E-state index < -0.39 is 0 Å². The van der Waals surface area contributed by atoms with E-state index in [-0.39, 0.29) is 23.9 Å². The zero-order chi connectivity index (χ0) is 17.1. The van der Waals surface area contributed by atoms with Gasteiger partial charge in [0.25, 0.3) is 0 Å². The minimum Gasteiger partial charge on any atom is -0.399 e. The molecule has 24 heavy (non-hydrogen) atoms. The first-order chi connectivity index (χ1) is 11.5. The van der Waals surface area contributed by atoms with Gasteiger partial charge in [0.15, 0.2) is 0 Å². The maximum absolute atomic E-state index is 13.1. The summed E-state index contributed by atoms with van der Waals surface area (Å²) in [6.45, 7) is 2.98. The Labute approximate surface area is 141 Å². The highest BCUT2D eigenvalue weighted by Gasteiger charge is 2.29. The molecule has 1 heterocycles. The Balaban J connectivity index is 1.69. The first-order valence-corrected chi connectivity index (χ1v) is 8.04. The summed E-state index contributed by atoms with van der Waals surface area (Å²) in [5, 5.41) is 0. The third-order valence-corrected chi connectivity index (χ3v) is 4.19. The van der Waals surface area contributed by atoms with Crippen LogP contribution in [0.3, 0.4) is 0 Å². The van der Waals surface area contributed by atoms with E-state index in [1.165, 1.54) is 12.1 Å². The Morgan fingerprint density at radius 1 is 1.17 bits per heavy atom. The van der Waals surface area contributed by atoms with Gasteiger partial charge in [0.05, 0.1) is 19.1 Å². The average Bonchev–Trinajstić information content (AvgIpc) is 2.57. The van der Waals surface area contributed by atoms with Gasteiger partial charge in [0.2, 0.25) is 5.91 Å². The highest BCUT2D eigenvalue weighted by molar-refractivity contribution is 5.79. The fourth-order valence-electron chi connectivity index (χ4n) is 2.94. The molecule has 2 N–H and O–H groups in total. The van der Waals surface area contributed by atoms with Gasteiger partial charge in [-0.3, -0.25) is 4.79 Å². The zero-order valence-electron chi connectivity index (χ0n) is 13.6. The highest BCUT2D eigenvalue weighted by Crippen LogP contribution is 2.26. The van der Waals surface area contributed by atoms with E-state index in [9.17, 15) is 9.18 Å². The van der Waals surface area contributed by atoms with E-state index in [2.05, 4.69) is 0 Å². The molecule has 3 rings (SSSR count). The van der Waals surface area contributed by atoms with Crippen LogP contribution in [0.4, 0.5) is 10.1 Å². The lowest BCUT2D eigenvalue weighted by molar-refractivity contribution is -0.144. The molecule has 1 aliphatic heterocycles. The Morgan fingerprint density at radius 3 is 2.50 bits per heavy atom. The van der Waals surface area contributed by atoms with Crippen molar-refractivity contribution in [1.29, 1.82) is 0 Å². The fraction of sp³-hybridized carbons (Fsp3) is 0.316. The van der Waals surface area contributed by atoms with Crippen molar-refractivity contribution in [2.45, 2.75) is 25.6 Å². The number of ether oxygens (including phenoxy) is 1. The van der Waals surface area contributed by atoms with Gasteiger partial charge in [0.1, 0.15) is 11.9 Å². The zero-order valence-corrected chi connectivity index (χ0v) is 13.6. The second-order valence-corrected chi connectivity index (χ2v) is 6.20. The van der Waals surface area contributed by atoms with Gasteiger partial charge in [-0.05, 0) is 42.3 Å². The van der Waals surface area contributed by atoms with Crippen molar-refractivity contribution in [2.75, 3.05) is 18.8 Å². The number of morpholine rings is 1. The molecule has 0 spiro atoms. The number of hydrogen-bond donors (Lipinski definition) is 1. The lowest BCUT2D eigenvalue weighted by Gasteiger charge is -2.37. The Hall–Kier alpha value is -2.40. The predicted molar refractivity (Wildman–Crippen MR) is 90.8 cm³/mol. The molecular formula is C19H21FN2O2. The molecule has 0 aliphatic carbocycles. The van der Waals surface area contributed by atoms with E-state index in [4.69, 9.17) is 10.5 Å². The van der Waals surface area contributed by atoms with Crippen LogP contribution in [0.2, 0.25) is 0 Å². The lowest BCUT2D eigenvalue weighted by atomic mass is 10.1. The smallest absolute Gasteiger partial charge is 0.227 e. The van der Waals surface area contributed by atoms with E-state index in [0.717, 1.165) is 11.1 Å². The Kier molecular flexibility index (Phi) is 4.81. The van der Waals surface area contributed by atoms with E-state index in [1.807, 2.05) is 24.0 Å². The van der Waals surface area contributed by atoms with Gasteiger partial charge in [-0.2, -0.15) is 0 Å². The van der Waals surface area contributed by atoms with Crippen LogP contribution in [0.1, 0.15) is 24.2 Å². The molecule has 1 saturated heterocycles. The molecule has 1 fully saturated rings. The van der Waals surface area contributed by atoms with Crippen LogP contribution >= 0.6 is 0 Å². The predicted octanol–water partition coefficient (Wildman–Crippen LogP) is 2.94. The molecule has 0 unspecified atom stereocenters. The number of carbonyl (C=O) groups excluding carboxylic acids is 1. The van der Waals surface area contributed by atoms with Crippen LogP contribution in [-0.2, 0) is 16.0 Å². The van der Waals surface area contributed by atoms with Gasteiger partial charge in [-0.25, -0.2) is 4.39 Å². The first kappa shape index (κ1) is 16.5. The summed E-state index contributed by atoms with van der Waals surface area (Å²) in [6.07, 6.45) is 0.0391. The summed E-state index contributed by atoms with van der Waals surface area (Å²) in [5.41, 5.74) is 8.18. The van der Waals surface area contributed by atoms with Gasteiger partial charge in [-0.1, -0.05) is 24.3 Å². The van der Waals surface area contributed by atoms with Gasteiger partial charge in [-0.15, -0.1) is 0 Å². The van der Waals surface area contributed by atoms with Crippen molar-refractivity contribution < 1.29 is 13.9 Å². The van der Waals surface area contributed by atoms with Crippen LogP contribution in [-0.4, -0.2) is 30.0 Å². The number of rotatable bonds is 3. The molecule has 0 radical (unpaired) electrons. The summed E-state index contributed by atoms with van der Waals surface area (Å²) in [4.78, 5) is 14.4. The lowest BCUT2D eigenvalue weighted by Crippen LogP contribution is -2.46. The number of anilines is 1. The number of hydrogen-bond acceptors (Lipinski definition) is 3. The van der Waals surface area contributed by atoms with Crippen molar-refractivity contribution in [2.24, 2.45) is 0 Å². The standard InChI is InChI=1S/C19H21FN2O2/c1-13-11-22(19(23)10-14-2-8-17(21)9-3-14)12-18(24-13)15-4-6-16(20)7-5-15/h2-9,13,18H,10-12,21H2,1H3/t13-,18+/m0/s1. The summed E-state index contributed by atoms with van der Waals surface area (Å²) < 4.78 is 19.0. The number of nitrogen functional groups attached to an aromatic ring is 1. The summed E-state index contributed by atoms with van der Waals surface area (Å²) >= 11 is 0. The second-order valence-electron chi connectivity index (χ2n) is 6.20. The van der Waals surface area contributed by atoms with Crippen molar-refractivity contribution in [3.8, 4) is 0 Å². The second kappa shape index (κ2) is 7.01. The summed E-state index contributed by atoms with van der Waals surface area (Å²) in [6, 6.07) is 13.6. The third kappa shape index (κ3) is 3.92. The van der Waals surface area contributed by atoms with Crippen LogP contribution in [0.15, 0.2) is 48.5 Å². The van der Waals surface area contributed by atoms with E-state index >= 15 is 0 Å². The SMILES string of the molecule is C[C@H]1CN(C(=O)Cc2ccc(N)cc2)C[C@H](c2ccc(F)cc2)O1. The normalized spacial score (nSPS) is 20.8. The number of nitrogens with two attached hydrogens (primary N) is 1. The number of halogens is 1. The summed E-state index contributed by atoms with van der Waals surface area (Å²) in [5.74, 6) is -0.221. The summed E-state index contributed by atoms with van der Waals surface area (Å²) in [7, 11) is 0. The average molecular weight is 328 g/mol. The number of benzene rings is 2. The molecule has 126 valence electrons. The van der Waals surface area contributed by atoms with Crippen LogP contribution in [0.25, 0.3) is 0 Å². The molecule has 2 atom stereocenters. The van der Waals surface area contributed by atoms with Crippen molar-refractivity contribution in [1.82, 2.24) is 4.90 Å².